The normalized spacial score (nSPS) is 19.0. The van der Waals surface area contributed by atoms with Crippen LogP contribution in [0.1, 0.15) is 22.0 Å². The number of aliphatic hydroxyl groups excluding tert-OH is 1. The lowest BCUT2D eigenvalue weighted by Crippen LogP contribution is -2.36. The molecule has 25 heavy (non-hydrogen) atoms. The molecule has 0 spiro atoms. The van der Waals surface area contributed by atoms with Crippen molar-refractivity contribution in [3.63, 3.8) is 0 Å². The Labute approximate surface area is 144 Å². The molecule has 2 atom stereocenters. The van der Waals surface area contributed by atoms with Crippen LogP contribution in [0.5, 0.6) is 28.7 Å². The van der Waals surface area contributed by atoms with E-state index in [2.05, 4.69) is 0 Å². The Kier molecular flexibility index (Phi) is 4.41. The van der Waals surface area contributed by atoms with E-state index in [0.717, 1.165) is 0 Å². The number of aliphatic hydroxyl groups is 1. The van der Waals surface area contributed by atoms with Crippen LogP contribution < -0.4 is 18.9 Å². The summed E-state index contributed by atoms with van der Waals surface area (Å²) in [4.78, 5) is 12.8. The molecule has 1 aliphatic heterocycles. The standard InChI is InChI=1S/C18H18O7/c1-22-12-8-11-13(18(24-3)17(12)23-2)14(20)15(21)16(25-11)9-4-6-10(19)7-5-9/h4-8,15-16,19,21H,1-3H3/t15-,16+/m0/s1. The first-order chi connectivity index (χ1) is 12.0. The molecule has 3 rings (SSSR count). The fraction of sp³-hybridized carbons (Fsp3) is 0.278. The third-order valence-corrected chi connectivity index (χ3v) is 4.07. The summed E-state index contributed by atoms with van der Waals surface area (Å²) in [7, 11) is 4.28. The van der Waals surface area contributed by atoms with Gasteiger partial charge in [0.05, 0.1) is 21.3 Å². The highest BCUT2D eigenvalue weighted by molar-refractivity contribution is 6.06. The zero-order chi connectivity index (χ0) is 18.1. The van der Waals surface area contributed by atoms with Crippen molar-refractivity contribution in [1.82, 2.24) is 0 Å². The number of phenolic OH excluding ortho intramolecular Hbond substituents is 1. The number of rotatable bonds is 4. The van der Waals surface area contributed by atoms with Crippen LogP contribution in [0.15, 0.2) is 30.3 Å². The first kappa shape index (κ1) is 16.9. The quantitative estimate of drug-likeness (QED) is 0.875. The maximum absolute atomic E-state index is 12.8. The van der Waals surface area contributed by atoms with Crippen molar-refractivity contribution in [3.05, 3.63) is 41.5 Å². The van der Waals surface area contributed by atoms with E-state index in [1.165, 1.54) is 39.5 Å². The van der Waals surface area contributed by atoms with Crippen LogP contribution in [0.2, 0.25) is 0 Å². The van der Waals surface area contributed by atoms with Crippen molar-refractivity contribution in [2.24, 2.45) is 0 Å². The van der Waals surface area contributed by atoms with E-state index in [-0.39, 0.29) is 28.6 Å². The van der Waals surface area contributed by atoms with Gasteiger partial charge < -0.3 is 29.2 Å². The van der Waals surface area contributed by atoms with E-state index < -0.39 is 18.0 Å². The molecule has 132 valence electrons. The smallest absolute Gasteiger partial charge is 0.204 e. The Morgan fingerprint density at radius 1 is 1.00 bits per heavy atom. The van der Waals surface area contributed by atoms with E-state index in [0.29, 0.717) is 11.3 Å². The maximum Gasteiger partial charge on any atom is 0.204 e. The third kappa shape index (κ3) is 2.72. The van der Waals surface area contributed by atoms with Crippen LogP contribution in [0.25, 0.3) is 0 Å². The minimum atomic E-state index is -1.43. The van der Waals surface area contributed by atoms with E-state index in [9.17, 15) is 15.0 Å². The maximum atomic E-state index is 12.8. The molecule has 2 aromatic carbocycles. The van der Waals surface area contributed by atoms with Crippen LogP contribution in [-0.2, 0) is 0 Å². The van der Waals surface area contributed by atoms with Gasteiger partial charge in [-0.1, -0.05) is 12.1 Å². The molecular weight excluding hydrogens is 328 g/mol. The van der Waals surface area contributed by atoms with E-state index >= 15 is 0 Å². The molecule has 1 aliphatic rings. The van der Waals surface area contributed by atoms with E-state index in [1.807, 2.05) is 0 Å². The van der Waals surface area contributed by atoms with Gasteiger partial charge in [0, 0.05) is 6.07 Å². The molecule has 0 saturated heterocycles. The molecular formula is C18H18O7. The first-order valence-corrected chi connectivity index (χ1v) is 7.52. The van der Waals surface area contributed by atoms with Gasteiger partial charge in [-0.25, -0.2) is 0 Å². The zero-order valence-electron chi connectivity index (χ0n) is 14.0. The number of methoxy groups -OCH3 is 3. The fourth-order valence-corrected chi connectivity index (χ4v) is 2.86. The number of Topliss-reactive ketones (excluding diaryl/α,β-unsaturated/α-hetero) is 1. The molecule has 7 nitrogen and oxygen atoms in total. The summed E-state index contributed by atoms with van der Waals surface area (Å²) >= 11 is 0. The van der Waals surface area contributed by atoms with Crippen molar-refractivity contribution < 1.29 is 34.0 Å². The largest absolute Gasteiger partial charge is 0.508 e. The summed E-state index contributed by atoms with van der Waals surface area (Å²) in [6, 6.07) is 7.61. The Morgan fingerprint density at radius 2 is 1.64 bits per heavy atom. The number of ether oxygens (including phenoxy) is 4. The van der Waals surface area contributed by atoms with Crippen molar-refractivity contribution in [3.8, 4) is 28.7 Å². The van der Waals surface area contributed by atoms with Crippen molar-refractivity contribution in [2.75, 3.05) is 21.3 Å². The summed E-state index contributed by atoms with van der Waals surface area (Å²) in [5.41, 5.74) is 0.653. The van der Waals surface area contributed by atoms with Crippen LogP contribution in [0, 0.1) is 0 Å². The fourth-order valence-electron chi connectivity index (χ4n) is 2.86. The summed E-state index contributed by atoms with van der Waals surface area (Å²) in [6.45, 7) is 0. The second kappa shape index (κ2) is 6.52. The SMILES string of the molecule is COc1cc2c(c(OC)c1OC)C(=O)[C@H](O)[C@@H](c1ccc(O)cc1)O2. The topological polar surface area (TPSA) is 94.5 Å². The lowest BCUT2D eigenvalue weighted by molar-refractivity contribution is 0.0209. The molecule has 1 heterocycles. The number of aromatic hydroxyl groups is 1. The summed E-state index contributed by atoms with van der Waals surface area (Å²) < 4.78 is 21.7. The van der Waals surface area contributed by atoms with Crippen molar-refractivity contribution in [2.45, 2.75) is 12.2 Å². The minimum Gasteiger partial charge on any atom is -0.508 e. The van der Waals surface area contributed by atoms with Gasteiger partial charge >= 0.3 is 0 Å². The van der Waals surface area contributed by atoms with Gasteiger partial charge in [0.25, 0.3) is 0 Å². The molecule has 0 bridgehead atoms. The Morgan fingerprint density at radius 3 is 2.20 bits per heavy atom. The average molecular weight is 346 g/mol. The number of benzene rings is 2. The Balaban J connectivity index is 2.13. The highest BCUT2D eigenvalue weighted by Gasteiger charge is 2.41. The van der Waals surface area contributed by atoms with Gasteiger partial charge in [-0.3, -0.25) is 4.79 Å². The molecule has 0 amide bonds. The summed E-state index contributed by atoms with van der Waals surface area (Å²) in [6.07, 6.45) is -2.34. The predicted molar refractivity (Wildman–Crippen MR) is 87.9 cm³/mol. The highest BCUT2D eigenvalue weighted by Crippen LogP contribution is 2.49. The zero-order valence-corrected chi connectivity index (χ0v) is 14.0. The summed E-state index contributed by atoms with van der Waals surface area (Å²) in [5.74, 6) is 0.488. The molecule has 0 saturated carbocycles. The van der Waals surface area contributed by atoms with Crippen LogP contribution >= 0.6 is 0 Å². The second-order valence-corrected chi connectivity index (χ2v) is 5.46. The number of hydrogen-bond donors (Lipinski definition) is 2. The molecule has 0 radical (unpaired) electrons. The second-order valence-electron chi connectivity index (χ2n) is 5.46. The minimum absolute atomic E-state index is 0.0776. The number of hydrogen-bond acceptors (Lipinski definition) is 7. The van der Waals surface area contributed by atoms with Crippen molar-refractivity contribution >= 4 is 5.78 Å². The van der Waals surface area contributed by atoms with Crippen LogP contribution in [-0.4, -0.2) is 43.4 Å². The van der Waals surface area contributed by atoms with Gasteiger partial charge in [-0.05, 0) is 17.7 Å². The molecule has 7 heteroatoms. The van der Waals surface area contributed by atoms with Crippen LogP contribution in [0.3, 0.4) is 0 Å². The average Bonchev–Trinajstić information content (AvgIpc) is 2.63. The van der Waals surface area contributed by atoms with E-state index in [4.69, 9.17) is 18.9 Å². The number of fused-ring (bicyclic) bond motifs is 1. The number of carbonyl (C=O) groups is 1. The number of phenols is 1. The predicted octanol–water partition coefficient (Wildman–Crippen LogP) is 2.10. The molecule has 0 aliphatic carbocycles. The van der Waals surface area contributed by atoms with Gasteiger partial charge in [-0.15, -0.1) is 0 Å². The lowest BCUT2D eigenvalue weighted by atomic mass is 9.92. The van der Waals surface area contributed by atoms with Crippen molar-refractivity contribution in [1.29, 1.82) is 0 Å². The van der Waals surface area contributed by atoms with E-state index in [1.54, 1.807) is 12.1 Å². The number of carbonyl (C=O) groups excluding carboxylic acids is 1. The van der Waals surface area contributed by atoms with Gasteiger partial charge in [-0.2, -0.15) is 0 Å². The molecule has 0 aromatic heterocycles. The van der Waals surface area contributed by atoms with Gasteiger partial charge in [0.1, 0.15) is 17.1 Å². The van der Waals surface area contributed by atoms with Gasteiger partial charge in [0.15, 0.2) is 23.7 Å². The molecule has 0 unspecified atom stereocenters. The molecule has 2 aromatic rings. The van der Waals surface area contributed by atoms with Gasteiger partial charge in [0.2, 0.25) is 11.5 Å². The lowest BCUT2D eigenvalue weighted by Gasteiger charge is -2.31. The number of ketones is 1. The molecule has 0 fully saturated rings. The molecule has 2 N–H and O–H groups in total. The third-order valence-electron chi connectivity index (χ3n) is 4.07. The Hall–Kier alpha value is -2.93. The van der Waals surface area contributed by atoms with Crippen LogP contribution in [0.4, 0.5) is 0 Å². The Bertz CT molecular complexity index is 798. The highest BCUT2D eigenvalue weighted by atomic mass is 16.5. The first-order valence-electron chi connectivity index (χ1n) is 7.52. The summed E-state index contributed by atoms with van der Waals surface area (Å²) in [5, 5.41) is 19.9. The monoisotopic (exact) mass is 346 g/mol.